The number of amides is 2. The van der Waals surface area contributed by atoms with E-state index in [0.717, 1.165) is 43.0 Å². The number of likely N-dealkylation sites (N-methyl/N-ethyl adjacent to an activating group) is 1. The molecule has 0 radical (unpaired) electrons. The van der Waals surface area contributed by atoms with Crippen molar-refractivity contribution >= 4 is 39.4 Å². The van der Waals surface area contributed by atoms with Crippen LogP contribution in [-0.2, 0) is 19.6 Å². The van der Waals surface area contributed by atoms with Gasteiger partial charge in [0.2, 0.25) is 15.9 Å². The fourth-order valence-electron chi connectivity index (χ4n) is 5.36. The number of piperazine rings is 1. The van der Waals surface area contributed by atoms with Gasteiger partial charge in [-0.1, -0.05) is 18.2 Å². The second-order valence-corrected chi connectivity index (χ2v) is 12.7. The van der Waals surface area contributed by atoms with Crippen LogP contribution in [0.3, 0.4) is 0 Å². The monoisotopic (exact) mass is 598 g/mol. The van der Waals surface area contributed by atoms with Crippen molar-refractivity contribution in [3.05, 3.63) is 64.6 Å². The highest BCUT2D eigenvalue weighted by Crippen LogP contribution is 2.33. The smallest absolute Gasteiger partial charge is 0.253 e. The van der Waals surface area contributed by atoms with E-state index in [1.54, 1.807) is 18.2 Å². The number of hydrogen-bond acceptors (Lipinski definition) is 8. The van der Waals surface area contributed by atoms with Gasteiger partial charge >= 0.3 is 0 Å². The Labute approximate surface area is 245 Å². The summed E-state index contributed by atoms with van der Waals surface area (Å²) in [6.07, 6.45) is 2.01. The van der Waals surface area contributed by atoms with Crippen LogP contribution in [0.4, 0.5) is 10.2 Å². The third-order valence-corrected chi connectivity index (χ3v) is 9.64. The largest absolute Gasteiger partial charge is 0.376 e. The van der Waals surface area contributed by atoms with Gasteiger partial charge in [0.05, 0.1) is 6.54 Å². The molecule has 0 bridgehead atoms. The van der Waals surface area contributed by atoms with E-state index in [1.807, 2.05) is 37.1 Å². The third-order valence-electron chi connectivity index (χ3n) is 8.08. The van der Waals surface area contributed by atoms with Gasteiger partial charge in [0.15, 0.2) is 5.75 Å². The van der Waals surface area contributed by atoms with Gasteiger partial charge in [-0.05, 0) is 68.3 Å². The minimum atomic E-state index is -3.74. The van der Waals surface area contributed by atoms with Crippen molar-refractivity contribution in [1.82, 2.24) is 19.4 Å². The second-order valence-electron chi connectivity index (χ2n) is 10.9. The Balaban J connectivity index is 1.17. The number of nitrogens with one attached hydrogen (secondary N) is 2. The van der Waals surface area contributed by atoms with Crippen molar-refractivity contribution in [1.29, 1.82) is 0 Å². The predicted molar refractivity (Wildman–Crippen MR) is 158 cm³/mol. The van der Waals surface area contributed by atoms with Crippen LogP contribution in [0.25, 0.3) is 6.08 Å². The average molecular weight is 599 g/mol. The quantitative estimate of drug-likeness (QED) is 0.477. The fraction of sp³-hybridized carbons (Fsp3) is 0.414. The second kappa shape index (κ2) is 12.2. The molecule has 13 heteroatoms. The van der Waals surface area contributed by atoms with Gasteiger partial charge in [-0.2, -0.15) is 4.31 Å². The zero-order valence-electron chi connectivity index (χ0n) is 23.7. The van der Waals surface area contributed by atoms with Crippen molar-refractivity contribution in [2.75, 3.05) is 58.2 Å². The normalized spacial score (nSPS) is 19.6. The SMILES string of the molecule is Cc1cc(NCC(=O)N2CCN(C)CC2)ccc1/C=C/S(=O)(=O)N1CCC2(CC1)N=C(c1cccc(OF)c1)NC2=O. The first-order valence-electron chi connectivity index (χ1n) is 13.9. The summed E-state index contributed by atoms with van der Waals surface area (Å²) in [5, 5.41) is 7.10. The first-order chi connectivity index (χ1) is 20.1. The Morgan fingerprint density at radius 2 is 1.86 bits per heavy atom. The maximum absolute atomic E-state index is 13.1. The van der Waals surface area contributed by atoms with Gasteiger partial charge < -0.3 is 20.4 Å². The number of amidine groups is 1. The number of piperidine rings is 1. The molecule has 3 aliphatic rings. The van der Waals surface area contributed by atoms with Crippen LogP contribution in [0.5, 0.6) is 5.75 Å². The molecule has 0 aromatic heterocycles. The summed E-state index contributed by atoms with van der Waals surface area (Å²) in [5.74, 6) is 0.0608. The van der Waals surface area contributed by atoms with Crippen LogP contribution in [0.15, 0.2) is 52.9 Å². The Hall–Kier alpha value is -3.81. The first-order valence-corrected chi connectivity index (χ1v) is 15.4. The van der Waals surface area contributed by atoms with Crippen molar-refractivity contribution < 1.29 is 27.5 Å². The number of aryl methyl sites for hydroxylation is 1. The maximum atomic E-state index is 13.1. The molecule has 3 heterocycles. The average Bonchev–Trinajstić information content (AvgIpc) is 3.31. The molecule has 224 valence electrons. The van der Waals surface area contributed by atoms with Crippen molar-refractivity contribution in [2.45, 2.75) is 25.3 Å². The van der Waals surface area contributed by atoms with E-state index in [1.165, 1.54) is 21.8 Å². The molecule has 42 heavy (non-hydrogen) atoms. The van der Waals surface area contributed by atoms with Crippen LogP contribution < -0.4 is 15.6 Å². The molecule has 11 nitrogen and oxygen atoms in total. The number of anilines is 1. The minimum absolute atomic E-state index is 0.00412. The van der Waals surface area contributed by atoms with E-state index < -0.39 is 15.6 Å². The van der Waals surface area contributed by atoms with Crippen molar-refractivity contribution in [3.63, 3.8) is 0 Å². The number of hydrogen-bond donors (Lipinski definition) is 2. The lowest BCUT2D eigenvalue weighted by Crippen LogP contribution is -2.50. The lowest BCUT2D eigenvalue weighted by atomic mass is 9.89. The first kappa shape index (κ1) is 29.7. The summed E-state index contributed by atoms with van der Waals surface area (Å²) in [4.78, 5) is 37.8. The molecule has 3 aliphatic heterocycles. The van der Waals surface area contributed by atoms with Crippen LogP contribution in [0.1, 0.15) is 29.5 Å². The summed E-state index contributed by atoms with van der Waals surface area (Å²) in [6.45, 7) is 5.52. The van der Waals surface area contributed by atoms with Gasteiger partial charge in [-0.15, -0.1) is 0 Å². The van der Waals surface area contributed by atoms with Gasteiger partial charge in [-0.25, -0.2) is 8.42 Å². The lowest BCUT2D eigenvalue weighted by Gasteiger charge is -2.34. The van der Waals surface area contributed by atoms with Gasteiger partial charge in [0.25, 0.3) is 5.91 Å². The van der Waals surface area contributed by atoms with Crippen molar-refractivity contribution in [3.8, 4) is 5.75 Å². The number of sulfonamides is 1. The fourth-order valence-corrected chi connectivity index (χ4v) is 6.54. The number of benzene rings is 2. The topological polar surface area (TPSA) is 124 Å². The maximum Gasteiger partial charge on any atom is 0.253 e. The number of carbonyl (C=O) groups is 2. The Morgan fingerprint density at radius 1 is 1.12 bits per heavy atom. The molecular weight excluding hydrogens is 563 g/mol. The molecule has 2 aromatic carbocycles. The predicted octanol–water partition coefficient (Wildman–Crippen LogP) is 2.16. The third kappa shape index (κ3) is 6.48. The molecule has 0 unspecified atom stereocenters. The highest BCUT2D eigenvalue weighted by molar-refractivity contribution is 7.92. The Kier molecular flexibility index (Phi) is 8.62. The van der Waals surface area contributed by atoms with E-state index in [0.29, 0.717) is 11.4 Å². The highest BCUT2D eigenvalue weighted by Gasteiger charge is 2.47. The number of carbonyl (C=O) groups excluding carboxylic acids is 2. The molecule has 2 aromatic rings. The lowest BCUT2D eigenvalue weighted by molar-refractivity contribution is -0.130. The molecule has 2 N–H and O–H groups in total. The van der Waals surface area contributed by atoms with E-state index in [9.17, 15) is 22.5 Å². The van der Waals surface area contributed by atoms with E-state index >= 15 is 0 Å². The zero-order chi connectivity index (χ0) is 29.9. The summed E-state index contributed by atoms with van der Waals surface area (Å²) in [6, 6.07) is 11.7. The van der Waals surface area contributed by atoms with Gasteiger partial charge in [0, 0.05) is 60.5 Å². The van der Waals surface area contributed by atoms with Crippen LogP contribution in [0.2, 0.25) is 0 Å². The zero-order valence-corrected chi connectivity index (χ0v) is 24.5. The molecule has 2 fully saturated rings. The van der Waals surface area contributed by atoms with Gasteiger partial charge in [0.1, 0.15) is 11.4 Å². The van der Waals surface area contributed by atoms with Gasteiger partial charge in [-0.3, -0.25) is 19.5 Å². The van der Waals surface area contributed by atoms with Crippen LogP contribution in [0, 0.1) is 6.92 Å². The molecule has 0 atom stereocenters. The summed E-state index contributed by atoms with van der Waals surface area (Å²) in [7, 11) is -1.70. The molecule has 0 saturated carbocycles. The molecule has 1 spiro atoms. The summed E-state index contributed by atoms with van der Waals surface area (Å²) in [5.41, 5.74) is 1.83. The Morgan fingerprint density at radius 3 is 2.55 bits per heavy atom. The number of aliphatic imine (C=N–C) groups is 1. The molecule has 5 rings (SSSR count). The van der Waals surface area contributed by atoms with E-state index in [4.69, 9.17) is 0 Å². The molecule has 2 saturated heterocycles. The summed E-state index contributed by atoms with van der Waals surface area (Å²) < 4.78 is 40.2. The van der Waals surface area contributed by atoms with Crippen LogP contribution in [-0.4, -0.2) is 98.6 Å². The van der Waals surface area contributed by atoms with Crippen molar-refractivity contribution in [2.24, 2.45) is 4.99 Å². The van der Waals surface area contributed by atoms with E-state index in [-0.39, 0.29) is 50.0 Å². The number of halogens is 1. The number of rotatable bonds is 8. The van der Waals surface area contributed by atoms with Crippen LogP contribution >= 0.6 is 0 Å². The molecule has 0 aliphatic carbocycles. The summed E-state index contributed by atoms with van der Waals surface area (Å²) >= 11 is 0. The van der Waals surface area contributed by atoms with E-state index in [2.05, 4.69) is 25.5 Å². The number of nitrogens with zero attached hydrogens (tertiary/aromatic N) is 4. The Bertz CT molecular complexity index is 1510. The standard InChI is InChI=1S/C29H35FN6O5S/c1-21-18-24(31-20-26(37)35-15-13-34(2)14-16-35)7-6-22(21)8-17-42(39,40)36-11-9-29(10-12-36)28(38)32-27(33-29)23-4-3-5-25(19-23)41-30/h3-8,17-19,31H,9-16,20H2,1-2H3,(H,32,33,38)/b17-8+. The minimum Gasteiger partial charge on any atom is -0.376 e. The highest BCUT2D eigenvalue weighted by atomic mass is 32.2. The molecular formula is C29H35FN6O5S. The molecule has 2 amide bonds.